The normalized spacial score (nSPS) is 18.0. The molecule has 0 aliphatic carbocycles. The number of aryl methyl sites for hydroxylation is 1. The van der Waals surface area contributed by atoms with Crippen molar-refractivity contribution < 1.29 is 18.7 Å². The number of phenols is 1. The largest absolute Gasteiger partial charge is 0.505 e. The zero-order chi connectivity index (χ0) is 15.9. The molecule has 1 fully saturated rings. The van der Waals surface area contributed by atoms with E-state index in [0.29, 0.717) is 11.3 Å². The summed E-state index contributed by atoms with van der Waals surface area (Å²) in [6.07, 6.45) is 0. The van der Waals surface area contributed by atoms with Crippen LogP contribution >= 0.6 is 11.8 Å². The molecule has 1 N–H and O–H groups in total. The summed E-state index contributed by atoms with van der Waals surface area (Å²) in [7, 11) is 0. The molecular weight excluding hydrogens is 308 g/mol. The first kappa shape index (κ1) is 14.8. The number of thioether (sulfide) groups is 1. The van der Waals surface area contributed by atoms with E-state index in [1.54, 1.807) is 19.1 Å². The van der Waals surface area contributed by atoms with E-state index in [-0.39, 0.29) is 22.9 Å². The molecule has 0 radical (unpaired) electrons. The van der Waals surface area contributed by atoms with Crippen LogP contribution in [0.5, 0.6) is 5.75 Å². The van der Waals surface area contributed by atoms with E-state index in [1.807, 2.05) is 0 Å². The third-order valence-corrected chi connectivity index (χ3v) is 4.76. The number of carbonyl (C=O) groups excluding carboxylic acids is 1. The number of nitrogens with zero attached hydrogens (tertiary/aromatic N) is 1. The maximum Gasteiger partial charge on any atom is 0.238 e. The van der Waals surface area contributed by atoms with Gasteiger partial charge in [-0.1, -0.05) is 12.1 Å². The number of halogens is 2. The highest BCUT2D eigenvalue weighted by molar-refractivity contribution is 8.00. The Hall–Kier alpha value is -2.08. The number of aromatic hydroxyl groups is 1. The molecule has 2 aromatic rings. The molecule has 1 atom stereocenters. The number of amides is 1. The second-order valence-electron chi connectivity index (χ2n) is 5.07. The fourth-order valence-electron chi connectivity index (χ4n) is 2.47. The van der Waals surface area contributed by atoms with E-state index >= 15 is 0 Å². The van der Waals surface area contributed by atoms with Gasteiger partial charge in [0.2, 0.25) is 5.91 Å². The third kappa shape index (κ3) is 2.54. The summed E-state index contributed by atoms with van der Waals surface area (Å²) in [5.41, 5.74) is 1.78. The van der Waals surface area contributed by atoms with Crippen molar-refractivity contribution in [3.8, 4) is 5.75 Å². The predicted molar refractivity (Wildman–Crippen MR) is 81.9 cm³/mol. The molecule has 0 saturated carbocycles. The highest BCUT2D eigenvalue weighted by Crippen LogP contribution is 2.43. The third-order valence-electron chi connectivity index (χ3n) is 3.55. The van der Waals surface area contributed by atoms with Crippen LogP contribution in [0, 0.1) is 18.6 Å². The second kappa shape index (κ2) is 5.61. The molecule has 0 bridgehead atoms. The lowest BCUT2D eigenvalue weighted by Gasteiger charge is -2.26. The van der Waals surface area contributed by atoms with E-state index in [1.165, 1.54) is 34.9 Å². The van der Waals surface area contributed by atoms with Crippen LogP contribution in [0.2, 0.25) is 0 Å². The lowest BCUT2D eigenvalue weighted by atomic mass is 10.1. The Balaban J connectivity index is 2.05. The number of hydrogen-bond donors (Lipinski definition) is 1. The molecule has 1 heterocycles. The highest BCUT2D eigenvalue weighted by Gasteiger charge is 2.35. The van der Waals surface area contributed by atoms with Crippen LogP contribution in [0.15, 0.2) is 36.4 Å². The van der Waals surface area contributed by atoms with E-state index in [9.17, 15) is 18.7 Å². The molecule has 0 spiro atoms. The fraction of sp³-hybridized carbons (Fsp3) is 0.188. The van der Waals surface area contributed by atoms with Gasteiger partial charge < -0.3 is 5.11 Å². The Bertz CT molecular complexity index is 734. The molecular formula is C16H13F2NO2S. The van der Waals surface area contributed by atoms with Gasteiger partial charge in [-0.3, -0.25) is 9.69 Å². The van der Waals surface area contributed by atoms with E-state index in [2.05, 4.69) is 0 Å². The van der Waals surface area contributed by atoms with Gasteiger partial charge >= 0.3 is 0 Å². The summed E-state index contributed by atoms with van der Waals surface area (Å²) in [5.74, 6) is -1.45. The van der Waals surface area contributed by atoms with Crippen molar-refractivity contribution in [3.63, 3.8) is 0 Å². The van der Waals surface area contributed by atoms with Gasteiger partial charge in [-0.2, -0.15) is 0 Å². The van der Waals surface area contributed by atoms with Crippen LogP contribution in [0.4, 0.5) is 14.5 Å². The highest BCUT2D eigenvalue weighted by atomic mass is 32.2. The van der Waals surface area contributed by atoms with Crippen LogP contribution in [-0.4, -0.2) is 16.8 Å². The first-order valence-electron chi connectivity index (χ1n) is 6.65. The van der Waals surface area contributed by atoms with Crippen LogP contribution in [0.25, 0.3) is 0 Å². The van der Waals surface area contributed by atoms with E-state index in [0.717, 1.165) is 11.6 Å². The minimum atomic E-state index is -0.775. The number of rotatable bonds is 2. The molecule has 1 amide bonds. The average molecular weight is 321 g/mol. The number of phenolic OH excluding ortho intramolecular Hbond substituents is 1. The zero-order valence-electron chi connectivity index (χ0n) is 11.7. The van der Waals surface area contributed by atoms with Gasteiger partial charge in [0.05, 0.1) is 11.4 Å². The summed E-state index contributed by atoms with van der Waals surface area (Å²) in [5, 5.41) is 9.08. The van der Waals surface area contributed by atoms with Gasteiger partial charge in [-0.25, -0.2) is 8.78 Å². The fourth-order valence-corrected chi connectivity index (χ4v) is 3.64. The van der Waals surface area contributed by atoms with Crippen molar-refractivity contribution in [2.75, 3.05) is 10.7 Å². The summed E-state index contributed by atoms with van der Waals surface area (Å²) < 4.78 is 26.7. The van der Waals surface area contributed by atoms with Crippen molar-refractivity contribution in [1.82, 2.24) is 0 Å². The van der Waals surface area contributed by atoms with Gasteiger partial charge in [0.25, 0.3) is 0 Å². The van der Waals surface area contributed by atoms with Crippen LogP contribution in [0.3, 0.4) is 0 Å². The van der Waals surface area contributed by atoms with Gasteiger partial charge in [0.15, 0.2) is 11.6 Å². The second-order valence-corrected chi connectivity index (χ2v) is 6.14. The van der Waals surface area contributed by atoms with Gasteiger partial charge in [0.1, 0.15) is 11.2 Å². The number of benzene rings is 2. The Morgan fingerprint density at radius 2 is 1.91 bits per heavy atom. The van der Waals surface area contributed by atoms with Gasteiger partial charge in [-0.15, -0.1) is 11.8 Å². The van der Waals surface area contributed by atoms with E-state index < -0.39 is 11.6 Å². The number of hydrogen-bond acceptors (Lipinski definition) is 3. The maximum absolute atomic E-state index is 13.7. The monoisotopic (exact) mass is 321 g/mol. The van der Waals surface area contributed by atoms with Gasteiger partial charge in [0, 0.05) is 6.07 Å². The minimum Gasteiger partial charge on any atom is -0.505 e. The van der Waals surface area contributed by atoms with Crippen molar-refractivity contribution in [3.05, 3.63) is 59.2 Å². The molecule has 1 unspecified atom stereocenters. The van der Waals surface area contributed by atoms with Crippen molar-refractivity contribution in [1.29, 1.82) is 0 Å². The van der Waals surface area contributed by atoms with Crippen molar-refractivity contribution in [2.24, 2.45) is 0 Å². The molecule has 0 aromatic heterocycles. The Labute approximate surface area is 130 Å². The molecule has 114 valence electrons. The minimum absolute atomic E-state index is 0.146. The SMILES string of the molecule is Cc1cc(O)c(F)cc1N1C(=O)CSC1c1ccc(F)cc1. The Kier molecular flexibility index (Phi) is 3.78. The van der Waals surface area contributed by atoms with Crippen molar-refractivity contribution in [2.45, 2.75) is 12.3 Å². The smallest absolute Gasteiger partial charge is 0.238 e. The maximum atomic E-state index is 13.7. The lowest BCUT2D eigenvalue weighted by Crippen LogP contribution is -2.28. The van der Waals surface area contributed by atoms with Gasteiger partial charge in [-0.05, 0) is 36.2 Å². The molecule has 1 aliphatic heterocycles. The Morgan fingerprint density at radius 3 is 2.59 bits per heavy atom. The summed E-state index contributed by atoms with van der Waals surface area (Å²) in [4.78, 5) is 13.7. The average Bonchev–Trinajstić information content (AvgIpc) is 2.85. The van der Waals surface area contributed by atoms with Crippen LogP contribution < -0.4 is 4.90 Å². The molecule has 3 nitrogen and oxygen atoms in total. The number of anilines is 1. The first-order valence-corrected chi connectivity index (χ1v) is 7.70. The Morgan fingerprint density at radius 1 is 1.23 bits per heavy atom. The first-order chi connectivity index (χ1) is 10.5. The topological polar surface area (TPSA) is 40.5 Å². The zero-order valence-corrected chi connectivity index (χ0v) is 12.5. The van der Waals surface area contributed by atoms with Crippen molar-refractivity contribution >= 4 is 23.4 Å². The predicted octanol–water partition coefficient (Wildman–Crippen LogP) is 3.76. The van der Waals surface area contributed by atoms with E-state index in [4.69, 9.17) is 0 Å². The molecule has 3 rings (SSSR count). The standard InChI is InChI=1S/C16H13F2NO2S/c1-9-6-14(20)12(18)7-13(9)19-15(21)8-22-16(19)10-2-4-11(17)5-3-10/h2-7,16,20H,8H2,1H3. The lowest BCUT2D eigenvalue weighted by molar-refractivity contribution is -0.115. The summed E-state index contributed by atoms with van der Waals surface area (Å²) in [6.45, 7) is 1.70. The number of carbonyl (C=O) groups is 1. The summed E-state index contributed by atoms with van der Waals surface area (Å²) in [6, 6.07) is 8.35. The molecule has 22 heavy (non-hydrogen) atoms. The summed E-state index contributed by atoms with van der Waals surface area (Å²) >= 11 is 1.40. The van der Waals surface area contributed by atoms with Crippen LogP contribution in [-0.2, 0) is 4.79 Å². The molecule has 1 saturated heterocycles. The molecule has 2 aromatic carbocycles. The molecule has 6 heteroatoms. The molecule has 1 aliphatic rings. The quantitative estimate of drug-likeness (QED) is 0.915. The van der Waals surface area contributed by atoms with Crippen LogP contribution in [0.1, 0.15) is 16.5 Å².